The van der Waals surface area contributed by atoms with Crippen molar-refractivity contribution in [3.8, 4) is 11.5 Å². The van der Waals surface area contributed by atoms with Gasteiger partial charge in [0.25, 0.3) is 5.91 Å². The Hall–Kier alpha value is -2.42. The number of anilines is 1. The highest BCUT2D eigenvalue weighted by molar-refractivity contribution is 8.15. The van der Waals surface area contributed by atoms with Crippen LogP contribution in [0.2, 0.25) is 10.0 Å². The molecule has 1 aliphatic heterocycles. The van der Waals surface area contributed by atoms with Gasteiger partial charge < -0.3 is 9.47 Å². The van der Waals surface area contributed by atoms with Crippen LogP contribution in [0, 0.1) is 0 Å². The minimum atomic E-state index is -0.501. The van der Waals surface area contributed by atoms with E-state index in [-0.39, 0.29) is 18.3 Å². The molecule has 2 aromatic rings. The third kappa shape index (κ3) is 4.70. The fourth-order valence-corrected chi connectivity index (χ4v) is 3.66. The number of nitrogens with one attached hydrogen (secondary N) is 1. The first kappa shape index (κ1) is 20.3. The minimum absolute atomic E-state index is 0.160. The molecule has 3 rings (SSSR count). The molecule has 0 unspecified atom stereocenters. The molecule has 2 aromatic carbocycles. The molecule has 0 atom stereocenters. The van der Waals surface area contributed by atoms with Gasteiger partial charge in [-0.25, -0.2) is 5.43 Å². The van der Waals surface area contributed by atoms with Crippen LogP contribution in [0.1, 0.15) is 0 Å². The van der Waals surface area contributed by atoms with Gasteiger partial charge in [-0.1, -0.05) is 47.1 Å². The summed E-state index contributed by atoms with van der Waals surface area (Å²) in [5, 5.41) is 5.15. The van der Waals surface area contributed by atoms with Crippen LogP contribution in [0.15, 0.2) is 47.6 Å². The highest BCUT2D eigenvalue weighted by Gasteiger charge is 2.32. The molecule has 0 aromatic heterocycles. The molecule has 28 heavy (non-hydrogen) atoms. The number of benzene rings is 2. The van der Waals surface area contributed by atoms with Crippen molar-refractivity contribution >= 4 is 57.6 Å². The van der Waals surface area contributed by atoms with Gasteiger partial charge in [0.05, 0.1) is 23.6 Å². The number of halogens is 2. The van der Waals surface area contributed by atoms with Gasteiger partial charge in [-0.15, -0.1) is 5.10 Å². The van der Waals surface area contributed by atoms with E-state index < -0.39 is 5.91 Å². The molecule has 2 amide bonds. The van der Waals surface area contributed by atoms with Crippen LogP contribution in [0.5, 0.6) is 11.5 Å². The predicted molar refractivity (Wildman–Crippen MR) is 110 cm³/mol. The van der Waals surface area contributed by atoms with Crippen molar-refractivity contribution in [2.24, 2.45) is 5.10 Å². The second-order valence-corrected chi connectivity index (χ2v) is 7.27. The Bertz CT molecular complexity index is 939. The molecular formula is C18H15Cl2N3O4S. The third-order valence-electron chi connectivity index (χ3n) is 3.62. The Morgan fingerprint density at radius 1 is 1.25 bits per heavy atom. The van der Waals surface area contributed by atoms with Crippen LogP contribution in [-0.4, -0.2) is 36.5 Å². The lowest BCUT2D eigenvalue weighted by molar-refractivity contribution is -0.123. The van der Waals surface area contributed by atoms with E-state index >= 15 is 0 Å². The Kier molecular flexibility index (Phi) is 6.66. The number of hydrazone groups is 1. The number of para-hydroxylation sites is 2. The smallest absolute Gasteiger partial charge is 0.278 e. The van der Waals surface area contributed by atoms with Gasteiger partial charge in [0.15, 0.2) is 11.8 Å². The molecule has 1 heterocycles. The van der Waals surface area contributed by atoms with Gasteiger partial charge in [-0.3, -0.25) is 14.5 Å². The van der Waals surface area contributed by atoms with Crippen molar-refractivity contribution in [2.45, 2.75) is 0 Å². The summed E-state index contributed by atoms with van der Waals surface area (Å²) in [6.45, 7) is -0.300. The Morgan fingerprint density at radius 3 is 2.79 bits per heavy atom. The van der Waals surface area contributed by atoms with Crippen molar-refractivity contribution in [1.29, 1.82) is 0 Å². The van der Waals surface area contributed by atoms with E-state index in [4.69, 9.17) is 32.7 Å². The summed E-state index contributed by atoms with van der Waals surface area (Å²) in [6, 6.07) is 11.8. The maximum atomic E-state index is 12.3. The zero-order valence-corrected chi connectivity index (χ0v) is 17.0. The number of rotatable bonds is 6. The van der Waals surface area contributed by atoms with E-state index in [0.29, 0.717) is 32.4 Å². The predicted octanol–water partition coefficient (Wildman–Crippen LogP) is 3.55. The fraction of sp³-hybridized carbons (Fsp3) is 0.167. The van der Waals surface area contributed by atoms with Crippen LogP contribution in [0.3, 0.4) is 0 Å². The van der Waals surface area contributed by atoms with E-state index in [1.807, 2.05) is 0 Å². The highest BCUT2D eigenvalue weighted by atomic mass is 35.5. The highest BCUT2D eigenvalue weighted by Crippen LogP contribution is 2.33. The third-order valence-corrected chi connectivity index (χ3v) is 5.07. The number of amidine groups is 1. The van der Waals surface area contributed by atoms with Crippen molar-refractivity contribution in [3.63, 3.8) is 0 Å². The maximum absolute atomic E-state index is 12.3. The van der Waals surface area contributed by atoms with Crippen LogP contribution in [0.4, 0.5) is 5.69 Å². The van der Waals surface area contributed by atoms with E-state index in [9.17, 15) is 9.59 Å². The number of methoxy groups -OCH3 is 1. The fourth-order valence-electron chi connectivity index (χ4n) is 2.37. The maximum Gasteiger partial charge on any atom is 0.278 e. The summed E-state index contributed by atoms with van der Waals surface area (Å²) in [5.41, 5.74) is 2.94. The molecule has 0 bridgehead atoms. The molecule has 0 spiro atoms. The van der Waals surface area contributed by atoms with Crippen molar-refractivity contribution in [3.05, 3.63) is 52.5 Å². The number of thioether (sulfide) groups is 1. The van der Waals surface area contributed by atoms with Crippen LogP contribution in [0.25, 0.3) is 0 Å². The molecule has 10 heteroatoms. The summed E-state index contributed by atoms with van der Waals surface area (Å²) < 4.78 is 10.7. The first-order chi connectivity index (χ1) is 13.5. The van der Waals surface area contributed by atoms with Gasteiger partial charge in [-0.2, -0.15) is 0 Å². The Labute approximate surface area is 175 Å². The summed E-state index contributed by atoms with van der Waals surface area (Å²) in [7, 11) is 1.52. The van der Waals surface area contributed by atoms with Gasteiger partial charge in [0.1, 0.15) is 11.5 Å². The molecule has 1 N–H and O–H groups in total. The molecule has 146 valence electrons. The Morgan fingerprint density at radius 2 is 2.04 bits per heavy atom. The van der Waals surface area contributed by atoms with Gasteiger partial charge >= 0.3 is 0 Å². The number of hydrogen-bond acceptors (Lipinski definition) is 6. The van der Waals surface area contributed by atoms with Crippen LogP contribution in [-0.2, 0) is 9.59 Å². The van der Waals surface area contributed by atoms with Crippen molar-refractivity contribution in [2.75, 3.05) is 24.4 Å². The topological polar surface area (TPSA) is 80.2 Å². The molecule has 1 aliphatic rings. The van der Waals surface area contributed by atoms with Crippen molar-refractivity contribution in [1.82, 2.24) is 5.43 Å². The zero-order valence-electron chi connectivity index (χ0n) is 14.6. The SMILES string of the molecule is COc1ccccc1N1C(=O)CS/C1=N/NC(=O)COc1ccc(Cl)cc1Cl. The number of nitrogens with zero attached hydrogens (tertiary/aromatic N) is 2. The first-order valence-electron chi connectivity index (χ1n) is 8.02. The minimum Gasteiger partial charge on any atom is -0.495 e. The second-order valence-electron chi connectivity index (χ2n) is 5.48. The lowest BCUT2D eigenvalue weighted by Gasteiger charge is -2.18. The van der Waals surface area contributed by atoms with Crippen LogP contribution >= 0.6 is 35.0 Å². The van der Waals surface area contributed by atoms with E-state index in [1.165, 1.54) is 29.8 Å². The van der Waals surface area contributed by atoms with E-state index in [0.717, 1.165) is 0 Å². The lowest BCUT2D eigenvalue weighted by atomic mass is 10.2. The molecular weight excluding hydrogens is 425 g/mol. The van der Waals surface area contributed by atoms with Gasteiger partial charge in [0, 0.05) is 5.02 Å². The molecule has 0 aliphatic carbocycles. The van der Waals surface area contributed by atoms with Gasteiger partial charge in [0.2, 0.25) is 5.91 Å². The normalized spacial score (nSPS) is 15.0. The lowest BCUT2D eigenvalue weighted by Crippen LogP contribution is -2.33. The monoisotopic (exact) mass is 439 g/mol. The summed E-state index contributed by atoms with van der Waals surface area (Å²) >= 11 is 13.0. The molecule has 0 saturated carbocycles. The standard InChI is InChI=1S/C18H15Cl2N3O4S/c1-26-15-5-3-2-4-13(15)23-17(25)10-28-18(23)22-21-16(24)9-27-14-7-6-11(19)8-12(14)20/h2-8H,9-10H2,1H3,(H,21,24)/b22-18+. The largest absolute Gasteiger partial charge is 0.495 e. The summed E-state index contributed by atoms with van der Waals surface area (Å²) in [6.07, 6.45) is 0. The average molecular weight is 440 g/mol. The second kappa shape index (κ2) is 9.18. The molecule has 7 nitrogen and oxygen atoms in total. The van der Waals surface area contributed by atoms with Gasteiger partial charge in [-0.05, 0) is 30.3 Å². The number of carbonyl (C=O) groups excluding carboxylic acids is 2. The molecule has 0 radical (unpaired) electrons. The van der Waals surface area contributed by atoms with E-state index in [1.54, 1.807) is 36.4 Å². The number of carbonyl (C=O) groups is 2. The molecule has 1 saturated heterocycles. The van der Waals surface area contributed by atoms with Crippen molar-refractivity contribution < 1.29 is 19.1 Å². The summed E-state index contributed by atoms with van der Waals surface area (Å²) in [4.78, 5) is 25.7. The molecule has 1 fully saturated rings. The zero-order chi connectivity index (χ0) is 20.1. The Balaban J connectivity index is 1.66. The quantitative estimate of drug-likeness (QED) is 0.696. The average Bonchev–Trinajstić information content (AvgIpc) is 3.05. The first-order valence-corrected chi connectivity index (χ1v) is 9.77. The number of ether oxygens (including phenoxy) is 2. The number of amides is 2. The number of hydrogen-bond donors (Lipinski definition) is 1. The summed E-state index contributed by atoms with van der Waals surface area (Å²) in [5.74, 6) is 0.405. The van der Waals surface area contributed by atoms with E-state index in [2.05, 4.69) is 10.5 Å². The van der Waals surface area contributed by atoms with Crippen LogP contribution < -0.4 is 19.8 Å².